The zero-order valence-electron chi connectivity index (χ0n) is 36.8. The fourth-order valence-electron chi connectivity index (χ4n) is 7.34. The highest BCUT2D eigenvalue weighted by atomic mass is 16.5. The number of aliphatic hydroxyl groups is 2. The van der Waals surface area contributed by atoms with E-state index >= 15 is 0 Å². The standard InChI is InChI=1S/C49H93NO5/c1-4-7-10-13-16-19-22-23-24-27-30-33-36-39-42-49(54)55-45(40-37-34-31-28-25-20-17-14-11-8-5-2)43-48(53)50-46(44-51)47(52)41-38-35-32-29-26-21-18-15-12-9-6-3/h28,31,37,40,45-47,51-52H,4-27,29-30,32-36,38-39,41-44H2,1-3H3,(H,50,53)/b31-28-,40-37+. The van der Waals surface area contributed by atoms with E-state index in [1.165, 1.54) is 161 Å². The summed E-state index contributed by atoms with van der Waals surface area (Å²) in [5.74, 6) is -0.593. The topological polar surface area (TPSA) is 95.9 Å². The number of esters is 1. The molecule has 3 unspecified atom stereocenters. The first-order valence-corrected chi connectivity index (χ1v) is 24.1. The van der Waals surface area contributed by atoms with Gasteiger partial charge in [0.1, 0.15) is 6.10 Å². The lowest BCUT2D eigenvalue weighted by Crippen LogP contribution is -2.46. The highest BCUT2D eigenvalue weighted by molar-refractivity contribution is 5.78. The predicted octanol–water partition coefficient (Wildman–Crippen LogP) is 14.0. The minimum absolute atomic E-state index is 0.0237. The summed E-state index contributed by atoms with van der Waals surface area (Å²) >= 11 is 0. The average Bonchev–Trinajstić information content (AvgIpc) is 3.18. The van der Waals surface area contributed by atoms with Crippen LogP contribution in [0.1, 0.15) is 252 Å². The summed E-state index contributed by atoms with van der Waals surface area (Å²) in [6.45, 7) is 6.44. The summed E-state index contributed by atoms with van der Waals surface area (Å²) in [6, 6.07) is -0.726. The number of carbonyl (C=O) groups is 2. The maximum atomic E-state index is 13.1. The highest BCUT2D eigenvalue weighted by Gasteiger charge is 2.23. The van der Waals surface area contributed by atoms with Crippen molar-refractivity contribution in [3.63, 3.8) is 0 Å². The lowest BCUT2D eigenvalue weighted by Gasteiger charge is -2.23. The van der Waals surface area contributed by atoms with Crippen LogP contribution < -0.4 is 5.32 Å². The molecule has 0 aromatic carbocycles. The molecule has 3 N–H and O–H groups in total. The highest BCUT2D eigenvalue weighted by Crippen LogP contribution is 2.16. The largest absolute Gasteiger partial charge is 0.458 e. The van der Waals surface area contributed by atoms with E-state index in [1.807, 2.05) is 12.2 Å². The first-order chi connectivity index (χ1) is 27.0. The van der Waals surface area contributed by atoms with E-state index in [0.717, 1.165) is 51.4 Å². The third-order valence-corrected chi connectivity index (χ3v) is 11.0. The van der Waals surface area contributed by atoms with E-state index in [2.05, 4.69) is 38.2 Å². The molecule has 0 aliphatic carbocycles. The van der Waals surface area contributed by atoms with Crippen molar-refractivity contribution in [3.05, 3.63) is 24.3 Å². The zero-order chi connectivity index (χ0) is 40.3. The van der Waals surface area contributed by atoms with Crippen LogP contribution in [0.4, 0.5) is 0 Å². The Morgan fingerprint density at radius 2 is 0.964 bits per heavy atom. The molecule has 0 bridgehead atoms. The van der Waals surface area contributed by atoms with Crippen molar-refractivity contribution in [1.82, 2.24) is 5.32 Å². The van der Waals surface area contributed by atoms with Crippen molar-refractivity contribution in [3.8, 4) is 0 Å². The third kappa shape index (κ3) is 39.0. The van der Waals surface area contributed by atoms with Gasteiger partial charge in [0.15, 0.2) is 0 Å². The van der Waals surface area contributed by atoms with Gasteiger partial charge in [-0.25, -0.2) is 0 Å². The fourth-order valence-corrected chi connectivity index (χ4v) is 7.34. The molecule has 0 spiro atoms. The van der Waals surface area contributed by atoms with E-state index in [4.69, 9.17) is 4.74 Å². The van der Waals surface area contributed by atoms with Gasteiger partial charge in [0.05, 0.1) is 25.2 Å². The third-order valence-electron chi connectivity index (χ3n) is 11.0. The molecule has 0 heterocycles. The minimum Gasteiger partial charge on any atom is -0.458 e. The van der Waals surface area contributed by atoms with Crippen LogP contribution in [-0.2, 0) is 14.3 Å². The Morgan fingerprint density at radius 1 is 0.545 bits per heavy atom. The van der Waals surface area contributed by atoms with Gasteiger partial charge in [-0.2, -0.15) is 0 Å². The summed E-state index contributed by atoms with van der Waals surface area (Å²) < 4.78 is 5.81. The number of amides is 1. The number of hydrogen-bond acceptors (Lipinski definition) is 5. The molecule has 0 rings (SSSR count). The Balaban J connectivity index is 4.62. The Kier molecular flexibility index (Phi) is 42.2. The zero-order valence-corrected chi connectivity index (χ0v) is 36.8. The van der Waals surface area contributed by atoms with Crippen molar-refractivity contribution in [1.29, 1.82) is 0 Å². The summed E-state index contributed by atoms with van der Waals surface area (Å²) in [5.41, 5.74) is 0. The number of carbonyl (C=O) groups excluding carboxylic acids is 2. The van der Waals surface area contributed by atoms with Crippen LogP contribution in [0.3, 0.4) is 0 Å². The summed E-state index contributed by atoms with van der Waals surface area (Å²) in [4.78, 5) is 25.9. The maximum absolute atomic E-state index is 13.1. The molecule has 0 fully saturated rings. The van der Waals surface area contributed by atoms with Gasteiger partial charge in [0.25, 0.3) is 0 Å². The number of unbranched alkanes of at least 4 members (excludes halogenated alkanes) is 29. The van der Waals surface area contributed by atoms with Crippen LogP contribution in [0, 0.1) is 0 Å². The summed E-state index contributed by atoms with van der Waals surface area (Å²) in [5, 5.41) is 23.6. The minimum atomic E-state index is -0.804. The fraction of sp³-hybridized carbons (Fsp3) is 0.878. The summed E-state index contributed by atoms with van der Waals surface area (Å²) in [6.07, 6.45) is 48.4. The second kappa shape index (κ2) is 43.5. The van der Waals surface area contributed by atoms with Crippen LogP contribution in [0.5, 0.6) is 0 Å². The molecule has 55 heavy (non-hydrogen) atoms. The monoisotopic (exact) mass is 776 g/mol. The van der Waals surface area contributed by atoms with Crippen molar-refractivity contribution >= 4 is 11.9 Å². The summed E-state index contributed by atoms with van der Waals surface area (Å²) in [7, 11) is 0. The molecule has 0 aromatic rings. The smallest absolute Gasteiger partial charge is 0.306 e. The average molecular weight is 776 g/mol. The van der Waals surface area contributed by atoms with Gasteiger partial charge in [0, 0.05) is 6.42 Å². The quantitative estimate of drug-likeness (QED) is 0.0326. The van der Waals surface area contributed by atoms with Crippen LogP contribution in [0.2, 0.25) is 0 Å². The molecule has 0 aliphatic heterocycles. The molecule has 1 amide bonds. The molecule has 324 valence electrons. The lowest BCUT2D eigenvalue weighted by molar-refractivity contribution is -0.148. The van der Waals surface area contributed by atoms with Crippen LogP contribution >= 0.6 is 0 Å². The molecule has 0 aliphatic rings. The van der Waals surface area contributed by atoms with Gasteiger partial charge in [-0.15, -0.1) is 0 Å². The van der Waals surface area contributed by atoms with Crippen molar-refractivity contribution < 1.29 is 24.5 Å². The Labute approximate surface area is 341 Å². The number of hydrogen-bond donors (Lipinski definition) is 3. The van der Waals surface area contributed by atoms with Gasteiger partial charge in [-0.3, -0.25) is 9.59 Å². The first-order valence-electron chi connectivity index (χ1n) is 24.1. The van der Waals surface area contributed by atoms with E-state index in [9.17, 15) is 19.8 Å². The van der Waals surface area contributed by atoms with Gasteiger partial charge in [-0.05, 0) is 38.2 Å². The lowest BCUT2D eigenvalue weighted by atomic mass is 10.0. The Bertz CT molecular complexity index is 873. The number of allylic oxidation sites excluding steroid dienone is 3. The van der Waals surface area contributed by atoms with E-state index in [-0.39, 0.29) is 24.9 Å². The molecule has 0 radical (unpaired) electrons. The van der Waals surface area contributed by atoms with E-state index in [0.29, 0.717) is 12.8 Å². The molecule has 0 saturated heterocycles. The number of nitrogens with one attached hydrogen (secondary N) is 1. The maximum Gasteiger partial charge on any atom is 0.306 e. The molecular weight excluding hydrogens is 683 g/mol. The second-order valence-electron chi connectivity index (χ2n) is 16.5. The molecule has 3 atom stereocenters. The van der Waals surface area contributed by atoms with Gasteiger partial charge < -0.3 is 20.3 Å². The molecule has 0 aromatic heterocycles. The van der Waals surface area contributed by atoms with E-state index < -0.39 is 18.2 Å². The number of rotatable bonds is 43. The van der Waals surface area contributed by atoms with Crippen LogP contribution in [0.25, 0.3) is 0 Å². The van der Waals surface area contributed by atoms with E-state index in [1.54, 1.807) is 0 Å². The number of aliphatic hydroxyl groups excluding tert-OH is 2. The van der Waals surface area contributed by atoms with Crippen molar-refractivity contribution in [2.75, 3.05) is 6.61 Å². The second-order valence-corrected chi connectivity index (χ2v) is 16.5. The predicted molar refractivity (Wildman–Crippen MR) is 236 cm³/mol. The SMILES string of the molecule is CCCCCCCC/C=C\C/C=C/C(CC(=O)NC(CO)C(O)CCCCCCCCCCCCC)OC(=O)CCCCCCCCCCCCCCCC. The molecule has 0 saturated carbocycles. The van der Waals surface area contributed by atoms with Crippen molar-refractivity contribution in [2.45, 2.75) is 270 Å². The van der Waals surface area contributed by atoms with Gasteiger partial charge in [-0.1, -0.05) is 225 Å². The molecule has 6 nitrogen and oxygen atoms in total. The number of ether oxygens (including phenoxy) is 1. The molecular formula is C49H93NO5. The van der Waals surface area contributed by atoms with Crippen LogP contribution in [-0.4, -0.2) is 46.9 Å². The Morgan fingerprint density at radius 3 is 1.42 bits per heavy atom. The first kappa shape index (κ1) is 53.3. The normalized spacial score (nSPS) is 13.5. The van der Waals surface area contributed by atoms with Gasteiger partial charge in [0.2, 0.25) is 5.91 Å². The Hall–Kier alpha value is -1.66. The van der Waals surface area contributed by atoms with Gasteiger partial charge >= 0.3 is 5.97 Å². The molecule has 6 heteroatoms. The van der Waals surface area contributed by atoms with Crippen LogP contribution in [0.15, 0.2) is 24.3 Å². The van der Waals surface area contributed by atoms with Crippen molar-refractivity contribution in [2.24, 2.45) is 0 Å².